The molecule has 0 radical (unpaired) electrons. The molecular weight excluding hydrogens is 359 g/mol. The molecule has 3 N–H and O–H groups in total. The lowest BCUT2D eigenvalue weighted by molar-refractivity contribution is -0.121. The molecular formula is C22H25FN2O3. The fraction of sp³-hybridized carbons (Fsp3) is 0.409. The third kappa shape index (κ3) is 3.68. The van der Waals surface area contributed by atoms with E-state index < -0.39 is 11.8 Å². The monoisotopic (exact) mass is 384 g/mol. The first-order valence-electron chi connectivity index (χ1n) is 9.76. The van der Waals surface area contributed by atoms with Gasteiger partial charge in [-0.1, -0.05) is 30.3 Å². The first-order chi connectivity index (χ1) is 13.5. The molecule has 6 heteroatoms. The van der Waals surface area contributed by atoms with Crippen molar-refractivity contribution in [2.75, 3.05) is 11.4 Å². The second kappa shape index (κ2) is 7.62. The van der Waals surface area contributed by atoms with Crippen LogP contribution in [0.15, 0.2) is 48.5 Å². The second-order valence-electron chi connectivity index (χ2n) is 7.76. The van der Waals surface area contributed by atoms with E-state index in [2.05, 4.69) is 5.32 Å². The maximum Gasteiger partial charge on any atom is 0.229 e. The number of anilines is 1. The standard InChI is InChI=1S/C22H25FN2O3/c23-17-6-3-5-16(12-17)22(28)10-11-24-18(14-22)13-21(27)25-19-7-2-1-4-15(19)8-9-20(25)26/h1-7,12,18,21,24,27-28H,8-11,13-14H2. The van der Waals surface area contributed by atoms with Crippen molar-refractivity contribution in [3.63, 3.8) is 0 Å². The highest BCUT2D eigenvalue weighted by atomic mass is 19.1. The molecule has 3 unspecified atom stereocenters. The van der Waals surface area contributed by atoms with Gasteiger partial charge in [-0.2, -0.15) is 0 Å². The summed E-state index contributed by atoms with van der Waals surface area (Å²) >= 11 is 0. The highest BCUT2D eigenvalue weighted by Crippen LogP contribution is 2.35. The number of rotatable bonds is 4. The number of aliphatic hydroxyl groups is 2. The number of halogens is 1. The van der Waals surface area contributed by atoms with E-state index in [1.54, 1.807) is 12.1 Å². The van der Waals surface area contributed by atoms with Crippen LogP contribution in [-0.4, -0.2) is 34.9 Å². The number of carbonyl (C=O) groups excluding carboxylic acids is 1. The van der Waals surface area contributed by atoms with Crippen molar-refractivity contribution >= 4 is 11.6 Å². The molecule has 2 heterocycles. The lowest BCUT2D eigenvalue weighted by Crippen LogP contribution is -2.51. The topological polar surface area (TPSA) is 72.8 Å². The van der Waals surface area contributed by atoms with Crippen LogP contribution in [0.25, 0.3) is 0 Å². The largest absolute Gasteiger partial charge is 0.385 e. The number of aryl methyl sites for hydroxylation is 1. The Balaban J connectivity index is 1.50. The number of aliphatic hydroxyl groups excluding tert-OH is 1. The molecule has 4 rings (SSSR count). The molecule has 2 aromatic carbocycles. The van der Waals surface area contributed by atoms with Gasteiger partial charge in [0.05, 0.1) is 5.60 Å². The molecule has 0 spiro atoms. The molecule has 2 aromatic rings. The molecule has 0 aromatic heterocycles. The number of amides is 1. The molecule has 2 aliphatic rings. The van der Waals surface area contributed by atoms with Crippen molar-refractivity contribution in [2.45, 2.75) is 50.0 Å². The molecule has 5 nitrogen and oxygen atoms in total. The maximum atomic E-state index is 13.6. The van der Waals surface area contributed by atoms with Gasteiger partial charge in [-0.15, -0.1) is 0 Å². The zero-order chi connectivity index (χ0) is 19.7. The predicted molar refractivity (Wildman–Crippen MR) is 104 cm³/mol. The smallest absolute Gasteiger partial charge is 0.229 e. The normalized spacial score (nSPS) is 26.0. The molecule has 0 aliphatic carbocycles. The van der Waals surface area contributed by atoms with E-state index in [9.17, 15) is 19.4 Å². The number of hydrogen-bond acceptors (Lipinski definition) is 4. The summed E-state index contributed by atoms with van der Waals surface area (Å²) in [5, 5.41) is 25.3. The van der Waals surface area contributed by atoms with E-state index in [0.29, 0.717) is 37.8 Å². The van der Waals surface area contributed by atoms with Crippen molar-refractivity contribution in [1.82, 2.24) is 5.32 Å². The van der Waals surface area contributed by atoms with Crippen LogP contribution >= 0.6 is 0 Å². The number of nitrogens with zero attached hydrogens (tertiary/aromatic N) is 1. The summed E-state index contributed by atoms with van der Waals surface area (Å²) < 4.78 is 13.6. The van der Waals surface area contributed by atoms with Gasteiger partial charge < -0.3 is 15.5 Å². The van der Waals surface area contributed by atoms with Crippen LogP contribution in [0.2, 0.25) is 0 Å². The lowest BCUT2D eigenvalue weighted by Gasteiger charge is -2.40. The fourth-order valence-corrected chi connectivity index (χ4v) is 4.41. The van der Waals surface area contributed by atoms with Crippen LogP contribution in [0, 0.1) is 5.82 Å². The minimum atomic E-state index is -1.15. The molecule has 28 heavy (non-hydrogen) atoms. The molecule has 1 fully saturated rings. The second-order valence-corrected chi connectivity index (χ2v) is 7.76. The Morgan fingerprint density at radius 3 is 2.86 bits per heavy atom. The number of para-hydroxylation sites is 1. The van der Waals surface area contributed by atoms with Gasteiger partial charge in [0.25, 0.3) is 0 Å². The van der Waals surface area contributed by atoms with Crippen molar-refractivity contribution in [2.24, 2.45) is 0 Å². The van der Waals surface area contributed by atoms with E-state index in [4.69, 9.17) is 0 Å². The first kappa shape index (κ1) is 19.1. The molecule has 2 aliphatic heterocycles. The Labute approximate surface area is 163 Å². The Bertz CT molecular complexity index is 874. The molecule has 1 amide bonds. The van der Waals surface area contributed by atoms with Crippen LogP contribution in [0.5, 0.6) is 0 Å². The van der Waals surface area contributed by atoms with Crippen molar-refractivity contribution in [3.05, 3.63) is 65.5 Å². The van der Waals surface area contributed by atoms with Crippen LogP contribution in [0.3, 0.4) is 0 Å². The summed E-state index contributed by atoms with van der Waals surface area (Å²) in [5.74, 6) is -0.473. The number of fused-ring (bicyclic) bond motifs is 1. The van der Waals surface area contributed by atoms with E-state index in [1.807, 2.05) is 24.3 Å². The summed E-state index contributed by atoms with van der Waals surface area (Å²) in [7, 11) is 0. The number of piperidine rings is 1. The maximum absolute atomic E-state index is 13.6. The van der Waals surface area contributed by atoms with Gasteiger partial charge in [0.1, 0.15) is 12.0 Å². The van der Waals surface area contributed by atoms with Gasteiger partial charge in [-0.3, -0.25) is 9.69 Å². The van der Waals surface area contributed by atoms with E-state index >= 15 is 0 Å². The van der Waals surface area contributed by atoms with Gasteiger partial charge in [-0.05, 0) is 55.1 Å². The van der Waals surface area contributed by atoms with Crippen LogP contribution in [0.1, 0.15) is 36.8 Å². The highest BCUT2D eigenvalue weighted by molar-refractivity contribution is 5.96. The highest BCUT2D eigenvalue weighted by Gasteiger charge is 2.38. The van der Waals surface area contributed by atoms with Crippen molar-refractivity contribution in [1.29, 1.82) is 0 Å². The average molecular weight is 384 g/mol. The molecule has 0 saturated carbocycles. The fourth-order valence-electron chi connectivity index (χ4n) is 4.41. The quantitative estimate of drug-likeness (QED) is 0.757. The Morgan fingerprint density at radius 1 is 1.21 bits per heavy atom. The van der Waals surface area contributed by atoms with Gasteiger partial charge in [0.15, 0.2) is 0 Å². The number of hydrogen-bond donors (Lipinski definition) is 3. The molecule has 3 atom stereocenters. The third-order valence-corrected chi connectivity index (χ3v) is 5.84. The molecule has 0 bridgehead atoms. The van der Waals surface area contributed by atoms with Crippen molar-refractivity contribution in [3.8, 4) is 0 Å². The van der Waals surface area contributed by atoms with Gasteiger partial charge >= 0.3 is 0 Å². The SMILES string of the molecule is O=C1CCc2ccccc2N1C(O)CC1CC(O)(c2cccc(F)c2)CCN1. The van der Waals surface area contributed by atoms with Crippen LogP contribution in [-0.2, 0) is 16.8 Å². The molecule has 148 valence electrons. The Hall–Kier alpha value is -2.28. The first-order valence-corrected chi connectivity index (χ1v) is 9.76. The summed E-state index contributed by atoms with van der Waals surface area (Å²) in [5.41, 5.74) is 1.20. The number of nitrogens with one attached hydrogen (secondary N) is 1. The Morgan fingerprint density at radius 2 is 2.04 bits per heavy atom. The number of carbonyl (C=O) groups is 1. The molecule has 1 saturated heterocycles. The van der Waals surface area contributed by atoms with Gasteiger partial charge in [-0.25, -0.2) is 4.39 Å². The van der Waals surface area contributed by atoms with Crippen LogP contribution in [0.4, 0.5) is 10.1 Å². The average Bonchev–Trinajstić information content (AvgIpc) is 2.68. The van der Waals surface area contributed by atoms with E-state index in [-0.39, 0.29) is 24.2 Å². The minimum Gasteiger partial charge on any atom is -0.385 e. The van der Waals surface area contributed by atoms with Gasteiger partial charge in [0, 0.05) is 24.6 Å². The van der Waals surface area contributed by atoms with E-state index in [1.165, 1.54) is 17.0 Å². The summed E-state index contributed by atoms with van der Waals surface area (Å²) in [6, 6.07) is 13.5. The lowest BCUT2D eigenvalue weighted by atomic mass is 9.80. The predicted octanol–water partition coefficient (Wildman–Crippen LogP) is 2.45. The van der Waals surface area contributed by atoms with E-state index in [0.717, 1.165) is 11.3 Å². The summed E-state index contributed by atoms with van der Waals surface area (Å²) in [6.45, 7) is 0.551. The minimum absolute atomic E-state index is 0.0950. The number of benzene rings is 2. The van der Waals surface area contributed by atoms with Crippen molar-refractivity contribution < 1.29 is 19.4 Å². The summed E-state index contributed by atoms with van der Waals surface area (Å²) in [6.07, 6.45) is 1.17. The van der Waals surface area contributed by atoms with Crippen LogP contribution < -0.4 is 10.2 Å². The summed E-state index contributed by atoms with van der Waals surface area (Å²) in [4.78, 5) is 13.9. The van der Waals surface area contributed by atoms with Gasteiger partial charge in [0.2, 0.25) is 5.91 Å². The zero-order valence-corrected chi connectivity index (χ0v) is 15.6. The Kier molecular flexibility index (Phi) is 5.19. The zero-order valence-electron chi connectivity index (χ0n) is 15.6. The third-order valence-electron chi connectivity index (χ3n) is 5.84.